The molecular formula is C25H23N3O2. The van der Waals surface area contributed by atoms with Crippen LogP contribution >= 0.6 is 0 Å². The zero-order chi connectivity index (χ0) is 20.9. The molecule has 150 valence electrons. The predicted octanol–water partition coefficient (Wildman–Crippen LogP) is 4.91. The molecule has 0 aliphatic heterocycles. The number of hydrogen-bond acceptors (Lipinski definition) is 4. The molecule has 1 heterocycles. The molecule has 5 nitrogen and oxygen atoms in total. The van der Waals surface area contributed by atoms with Gasteiger partial charge in [0.25, 0.3) is 0 Å². The highest BCUT2D eigenvalue weighted by atomic mass is 16.5. The van der Waals surface area contributed by atoms with Gasteiger partial charge < -0.3 is 9.42 Å². The summed E-state index contributed by atoms with van der Waals surface area (Å²) in [5.74, 6) is 0.945. The van der Waals surface area contributed by atoms with Crippen molar-refractivity contribution in [3.8, 4) is 22.5 Å². The number of hydrogen-bond donors (Lipinski definition) is 0. The maximum absolute atomic E-state index is 12.6. The van der Waals surface area contributed by atoms with Gasteiger partial charge in [-0.2, -0.15) is 4.98 Å². The Balaban J connectivity index is 1.37. The number of benzene rings is 3. The van der Waals surface area contributed by atoms with Crippen molar-refractivity contribution in [2.24, 2.45) is 0 Å². The van der Waals surface area contributed by atoms with E-state index in [4.69, 9.17) is 4.52 Å². The Hall–Kier alpha value is -3.73. The summed E-state index contributed by atoms with van der Waals surface area (Å²) in [5.41, 5.74) is 5.33. The fraction of sp³-hybridized carbons (Fsp3) is 0.160. The first-order valence-corrected chi connectivity index (χ1v) is 9.86. The molecule has 0 unspecified atom stereocenters. The first-order chi connectivity index (χ1) is 14.6. The SMILES string of the molecule is Cc1ccc(-c2noc(CN(C)C(=O)Cc3ccc(-c4ccccc4)cc3)n2)cc1. The molecule has 30 heavy (non-hydrogen) atoms. The van der Waals surface area contributed by atoms with Gasteiger partial charge in [0.1, 0.15) is 0 Å². The fourth-order valence-corrected chi connectivity index (χ4v) is 3.19. The molecule has 0 bridgehead atoms. The quantitative estimate of drug-likeness (QED) is 0.464. The van der Waals surface area contributed by atoms with Gasteiger partial charge in [-0.15, -0.1) is 0 Å². The van der Waals surface area contributed by atoms with E-state index in [-0.39, 0.29) is 12.5 Å². The molecule has 0 saturated carbocycles. The number of aryl methyl sites for hydroxylation is 1. The molecule has 4 aromatic rings. The number of carbonyl (C=O) groups is 1. The van der Waals surface area contributed by atoms with Crippen molar-refractivity contribution >= 4 is 5.91 Å². The maximum atomic E-state index is 12.6. The van der Waals surface area contributed by atoms with Crippen LogP contribution in [0.5, 0.6) is 0 Å². The minimum Gasteiger partial charge on any atom is -0.337 e. The summed E-state index contributed by atoms with van der Waals surface area (Å²) < 4.78 is 5.33. The Kier molecular flexibility index (Phi) is 5.70. The maximum Gasteiger partial charge on any atom is 0.246 e. The molecule has 0 radical (unpaired) electrons. The second kappa shape index (κ2) is 8.74. The Morgan fingerprint density at radius 2 is 1.50 bits per heavy atom. The van der Waals surface area contributed by atoms with Crippen LogP contribution in [0.25, 0.3) is 22.5 Å². The minimum atomic E-state index is -0.00227. The van der Waals surface area contributed by atoms with E-state index in [1.165, 1.54) is 5.56 Å². The Morgan fingerprint density at radius 3 is 2.20 bits per heavy atom. The molecule has 0 fully saturated rings. The van der Waals surface area contributed by atoms with Crippen LogP contribution in [-0.4, -0.2) is 28.0 Å². The standard InChI is InChI=1S/C25H23N3O2/c1-18-8-12-22(13-9-18)25-26-23(30-27-25)17-28(2)24(29)16-19-10-14-21(15-11-19)20-6-4-3-5-7-20/h3-15H,16-17H2,1-2H3. The van der Waals surface area contributed by atoms with Crippen LogP contribution in [-0.2, 0) is 17.8 Å². The number of aromatic nitrogens is 2. The summed E-state index contributed by atoms with van der Waals surface area (Å²) in [6.45, 7) is 2.31. The van der Waals surface area contributed by atoms with Crippen LogP contribution in [0.15, 0.2) is 83.4 Å². The molecular weight excluding hydrogens is 374 g/mol. The summed E-state index contributed by atoms with van der Waals surface area (Å²) in [6, 6.07) is 26.2. The topological polar surface area (TPSA) is 59.2 Å². The summed E-state index contributed by atoms with van der Waals surface area (Å²) >= 11 is 0. The third-order valence-electron chi connectivity index (χ3n) is 4.99. The highest BCUT2D eigenvalue weighted by molar-refractivity contribution is 5.78. The lowest BCUT2D eigenvalue weighted by Crippen LogP contribution is -2.27. The van der Waals surface area contributed by atoms with E-state index in [9.17, 15) is 4.79 Å². The van der Waals surface area contributed by atoms with Gasteiger partial charge in [0.2, 0.25) is 17.6 Å². The normalized spacial score (nSPS) is 10.7. The van der Waals surface area contributed by atoms with E-state index < -0.39 is 0 Å². The van der Waals surface area contributed by atoms with Crippen LogP contribution in [0.1, 0.15) is 17.0 Å². The minimum absolute atomic E-state index is 0.00227. The van der Waals surface area contributed by atoms with Crippen molar-refractivity contribution in [1.82, 2.24) is 15.0 Å². The van der Waals surface area contributed by atoms with Crippen molar-refractivity contribution in [2.75, 3.05) is 7.05 Å². The molecule has 0 N–H and O–H groups in total. The largest absolute Gasteiger partial charge is 0.337 e. The van der Waals surface area contributed by atoms with Crippen LogP contribution in [0.4, 0.5) is 0 Å². The van der Waals surface area contributed by atoms with E-state index in [1.54, 1.807) is 11.9 Å². The second-order valence-corrected chi connectivity index (χ2v) is 7.37. The smallest absolute Gasteiger partial charge is 0.246 e. The average molecular weight is 397 g/mol. The molecule has 0 aliphatic carbocycles. The lowest BCUT2D eigenvalue weighted by molar-refractivity contribution is -0.130. The van der Waals surface area contributed by atoms with E-state index in [2.05, 4.69) is 22.3 Å². The summed E-state index contributed by atoms with van der Waals surface area (Å²) in [5, 5.41) is 4.03. The van der Waals surface area contributed by atoms with Gasteiger partial charge in [-0.1, -0.05) is 89.6 Å². The predicted molar refractivity (Wildman–Crippen MR) is 117 cm³/mol. The third-order valence-corrected chi connectivity index (χ3v) is 4.99. The summed E-state index contributed by atoms with van der Waals surface area (Å²) in [6.07, 6.45) is 0.324. The molecule has 0 spiro atoms. The first kappa shape index (κ1) is 19.6. The van der Waals surface area contributed by atoms with Crippen molar-refractivity contribution < 1.29 is 9.32 Å². The van der Waals surface area contributed by atoms with E-state index in [0.717, 1.165) is 22.3 Å². The number of likely N-dealkylation sites (N-methyl/N-ethyl adjacent to an activating group) is 1. The summed E-state index contributed by atoms with van der Waals surface area (Å²) in [7, 11) is 1.75. The van der Waals surface area contributed by atoms with E-state index >= 15 is 0 Å². The van der Waals surface area contributed by atoms with Crippen molar-refractivity contribution in [3.63, 3.8) is 0 Å². The van der Waals surface area contributed by atoms with Crippen LogP contribution in [0.3, 0.4) is 0 Å². The van der Waals surface area contributed by atoms with Gasteiger partial charge in [0, 0.05) is 12.6 Å². The average Bonchev–Trinajstić information content (AvgIpc) is 3.24. The molecule has 4 rings (SSSR count). The number of carbonyl (C=O) groups excluding carboxylic acids is 1. The first-order valence-electron chi connectivity index (χ1n) is 9.86. The highest BCUT2D eigenvalue weighted by Crippen LogP contribution is 2.20. The van der Waals surface area contributed by atoms with Gasteiger partial charge in [-0.05, 0) is 23.6 Å². The fourth-order valence-electron chi connectivity index (χ4n) is 3.19. The lowest BCUT2D eigenvalue weighted by atomic mass is 10.0. The van der Waals surface area contributed by atoms with E-state index in [1.807, 2.05) is 73.7 Å². The number of rotatable bonds is 6. The molecule has 0 atom stereocenters. The van der Waals surface area contributed by atoms with Crippen LogP contribution < -0.4 is 0 Å². The molecule has 1 aromatic heterocycles. The van der Waals surface area contributed by atoms with Gasteiger partial charge in [0.15, 0.2) is 0 Å². The van der Waals surface area contributed by atoms with Crippen molar-refractivity contribution in [1.29, 1.82) is 0 Å². The Labute approximate surface area is 176 Å². The van der Waals surface area contributed by atoms with Gasteiger partial charge >= 0.3 is 0 Å². The van der Waals surface area contributed by atoms with Crippen molar-refractivity contribution in [3.05, 3.63) is 95.9 Å². The van der Waals surface area contributed by atoms with Crippen molar-refractivity contribution in [2.45, 2.75) is 19.9 Å². The molecule has 0 aliphatic rings. The molecule has 1 amide bonds. The zero-order valence-electron chi connectivity index (χ0n) is 17.1. The number of nitrogens with zero attached hydrogens (tertiary/aromatic N) is 3. The summed E-state index contributed by atoms with van der Waals surface area (Å²) in [4.78, 5) is 18.6. The van der Waals surface area contributed by atoms with Crippen LogP contribution in [0.2, 0.25) is 0 Å². The third kappa shape index (κ3) is 4.63. The van der Waals surface area contributed by atoms with Gasteiger partial charge in [0.05, 0.1) is 13.0 Å². The lowest BCUT2D eigenvalue weighted by Gasteiger charge is -2.15. The molecule has 0 saturated heterocycles. The molecule has 3 aromatic carbocycles. The molecule has 5 heteroatoms. The monoisotopic (exact) mass is 397 g/mol. The second-order valence-electron chi connectivity index (χ2n) is 7.37. The number of amides is 1. The zero-order valence-corrected chi connectivity index (χ0v) is 17.1. The Morgan fingerprint density at radius 1 is 0.867 bits per heavy atom. The van der Waals surface area contributed by atoms with Gasteiger partial charge in [-0.25, -0.2) is 0 Å². The van der Waals surface area contributed by atoms with Gasteiger partial charge in [-0.3, -0.25) is 4.79 Å². The Bertz CT molecular complexity index is 1120. The van der Waals surface area contributed by atoms with E-state index in [0.29, 0.717) is 18.1 Å². The highest BCUT2D eigenvalue weighted by Gasteiger charge is 2.15. The van der Waals surface area contributed by atoms with Crippen LogP contribution in [0, 0.1) is 6.92 Å².